The molecule has 1 heterocycles. The molecule has 34 heavy (non-hydrogen) atoms. The lowest BCUT2D eigenvalue weighted by Gasteiger charge is -2.27. The van der Waals surface area contributed by atoms with Crippen molar-refractivity contribution in [1.29, 1.82) is 5.26 Å². The molecule has 0 spiro atoms. The number of hydrogen-bond acceptors (Lipinski definition) is 7. The van der Waals surface area contributed by atoms with Crippen molar-refractivity contribution < 1.29 is 28.1 Å². The van der Waals surface area contributed by atoms with Crippen LogP contribution in [-0.2, 0) is 20.9 Å². The van der Waals surface area contributed by atoms with Crippen LogP contribution < -0.4 is 15.2 Å². The molecule has 0 saturated heterocycles. The van der Waals surface area contributed by atoms with E-state index >= 15 is 0 Å². The third kappa shape index (κ3) is 4.98. The predicted molar refractivity (Wildman–Crippen MR) is 126 cm³/mol. The minimum Gasteiger partial charge on any atom is -0.493 e. The first-order valence-corrected chi connectivity index (χ1v) is 11.3. The van der Waals surface area contributed by atoms with E-state index in [-0.39, 0.29) is 58.1 Å². The van der Waals surface area contributed by atoms with Crippen molar-refractivity contribution in [2.45, 2.75) is 26.4 Å². The summed E-state index contributed by atoms with van der Waals surface area (Å²) in [4.78, 5) is 12.7. The quantitative estimate of drug-likeness (QED) is 0.455. The third-order valence-corrected chi connectivity index (χ3v) is 6.05. The van der Waals surface area contributed by atoms with Gasteiger partial charge in [0.25, 0.3) is 0 Å². The van der Waals surface area contributed by atoms with Crippen LogP contribution in [-0.4, -0.2) is 19.7 Å². The maximum absolute atomic E-state index is 14.2. The van der Waals surface area contributed by atoms with Gasteiger partial charge in [0.15, 0.2) is 11.5 Å². The fourth-order valence-electron chi connectivity index (χ4n) is 3.55. The van der Waals surface area contributed by atoms with E-state index in [1.807, 2.05) is 6.07 Å². The number of allylic oxidation sites excluding steroid dienone is 2. The summed E-state index contributed by atoms with van der Waals surface area (Å²) in [5, 5.41) is 9.99. The molecule has 3 rings (SSSR count). The topological polar surface area (TPSA) is 104 Å². The summed E-state index contributed by atoms with van der Waals surface area (Å²) in [6.45, 7) is 3.24. The van der Waals surface area contributed by atoms with Gasteiger partial charge in [0.1, 0.15) is 29.8 Å². The van der Waals surface area contributed by atoms with Gasteiger partial charge in [-0.1, -0.05) is 17.7 Å². The third-order valence-electron chi connectivity index (χ3n) is 5.11. The van der Waals surface area contributed by atoms with Crippen molar-refractivity contribution >= 4 is 33.5 Å². The van der Waals surface area contributed by atoms with E-state index < -0.39 is 17.7 Å². The van der Waals surface area contributed by atoms with E-state index in [9.17, 15) is 14.4 Å². The van der Waals surface area contributed by atoms with Gasteiger partial charge in [-0.2, -0.15) is 5.26 Å². The van der Waals surface area contributed by atoms with Crippen molar-refractivity contribution in [3.8, 4) is 17.6 Å². The summed E-state index contributed by atoms with van der Waals surface area (Å²) in [6, 6.07) is 9.65. The van der Waals surface area contributed by atoms with Crippen LogP contribution in [0.1, 0.15) is 30.9 Å². The summed E-state index contributed by atoms with van der Waals surface area (Å²) in [7, 11) is 1.43. The minimum atomic E-state index is -0.863. The average molecular weight is 552 g/mol. The zero-order valence-electron chi connectivity index (χ0n) is 18.6. The molecule has 1 aliphatic rings. The van der Waals surface area contributed by atoms with E-state index in [2.05, 4.69) is 15.9 Å². The van der Waals surface area contributed by atoms with Crippen LogP contribution in [0.25, 0.3) is 0 Å². The molecule has 0 saturated carbocycles. The Morgan fingerprint density at radius 2 is 2.12 bits per heavy atom. The standard InChI is InChI=1S/C24H21BrClFN2O5/c1-4-32-24(30)20-12(2)34-23(29)14(10-28)21(20)13-8-16(25)22(19(9-13)31-3)33-11-15-17(26)6-5-7-18(15)27/h5-9,21H,4,11,29H2,1-3H3. The molecule has 10 heteroatoms. The monoisotopic (exact) mass is 550 g/mol. The molecule has 1 unspecified atom stereocenters. The van der Waals surface area contributed by atoms with Gasteiger partial charge in [-0.3, -0.25) is 0 Å². The lowest BCUT2D eigenvalue weighted by Crippen LogP contribution is -2.25. The van der Waals surface area contributed by atoms with Crippen LogP contribution in [0.3, 0.4) is 0 Å². The fraction of sp³-hybridized carbons (Fsp3) is 0.250. The SMILES string of the molecule is CCOC(=O)C1=C(C)OC(N)=C(C#N)C1c1cc(Br)c(OCc2c(F)cccc2Cl)c(OC)c1. The summed E-state index contributed by atoms with van der Waals surface area (Å²) >= 11 is 9.55. The minimum absolute atomic E-state index is 0.0504. The summed E-state index contributed by atoms with van der Waals surface area (Å²) in [5.74, 6) is -1.31. The second kappa shape index (κ2) is 10.8. The van der Waals surface area contributed by atoms with Gasteiger partial charge in [0.2, 0.25) is 5.88 Å². The van der Waals surface area contributed by atoms with Gasteiger partial charge in [-0.05, 0) is 59.6 Å². The van der Waals surface area contributed by atoms with E-state index in [0.29, 0.717) is 10.0 Å². The molecule has 1 aliphatic heterocycles. The Kier molecular flexibility index (Phi) is 8.07. The zero-order valence-corrected chi connectivity index (χ0v) is 20.9. The Morgan fingerprint density at radius 3 is 2.74 bits per heavy atom. The Labute approximate surface area is 209 Å². The number of hydrogen-bond donors (Lipinski definition) is 1. The van der Waals surface area contributed by atoms with E-state index in [1.54, 1.807) is 32.0 Å². The molecule has 2 aromatic carbocycles. The molecular weight excluding hydrogens is 531 g/mol. The van der Waals surface area contributed by atoms with Crippen molar-refractivity contribution in [3.63, 3.8) is 0 Å². The molecule has 0 fully saturated rings. The van der Waals surface area contributed by atoms with Gasteiger partial charge in [0, 0.05) is 5.56 Å². The smallest absolute Gasteiger partial charge is 0.338 e. The van der Waals surface area contributed by atoms with Gasteiger partial charge in [-0.15, -0.1) is 0 Å². The molecule has 0 aromatic heterocycles. The molecule has 2 N–H and O–H groups in total. The number of halogens is 3. The zero-order chi connectivity index (χ0) is 25.0. The number of methoxy groups -OCH3 is 1. The molecule has 1 atom stereocenters. The molecule has 0 bridgehead atoms. The number of nitriles is 1. The summed E-state index contributed by atoms with van der Waals surface area (Å²) in [6.07, 6.45) is 0. The number of carbonyl (C=O) groups is 1. The van der Waals surface area contributed by atoms with Crippen LogP contribution in [0.2, 0.25) is 5.02 Å². The molecule has 0 radical (unpaired) electrons. The first kappa shape index (κ1) is 25.4. The second-order valence-electron chi connectivity index (χ2n) is 7.14. The molecule has 2 aromatic rings. The first-order chi connectivity index (χ1) is 16.2. The number of benzene rings is 2. The van der Waals surface area contributed by atoms with Crippen LogP contribution in [0.5, 0.6) is 11.5 Å². The maximum Gasteiger partial charge on any atom is 0.338 e. The van der Waals surface area contributed by atoms with Gasteiger partial charge in [-0.25, -0.2) is 9.18 Å². The molecule has 0 amide bonds. The fourth-order valence-corrected chi connectivity index (χ4v) is 4.34. The number of esters is 1. The maximum atomic E-state index is 14.2. The normalized spacial score (nSPS) is 15.5. The van der Waals surface area contributed by atoms with Gasteiger partial charge in [0.05, 0.1) is 34.7 Å². The van der Waals surface area contributed by atoms with E-state index in [0.717, 1.165) is 0 Å². The highest BCUT2D eigenvalue weighted by Crippen LogP contribution is 2.45. The summed E-state index contributed by atoms with van der Waals surface area (Å²) in [5.41, 5.74) is 6.85. The van der Waals surface area contributed by atoms with Crippen molar-refractivity contribution in [1.82, 2.24) is 0 Å². The Morgan fingerprint density at radius 1 is 1.38 bits per heavy atom. The number of rotatable bonds is 7. The Balaban J connectivity index is 2.07. The van der Waals surface area contributed by atoms with Crippen LogP contribution >= 0.6 is 27.5 Å². The van der Waals surface area contributed by atoms with Crippen molar-refractivity contribution in [3.05, 3.63) is 79.6 Å². The predicted octanol–water partition coefficient (Wildman–Crippen LogP) is 5.47. The van der Waals surface area contributed by atoms with Crippen LogP contribution in [0.15, 0.2) is 57.6 Å². The molecule has 7 nitrogen and oxygen atoms in total. The Hall–Kier alpha value is -3.22. The first-order valence-electron chi connectivity index (χ1n) is 10.1. The largest absolute Gasteiger partial charge is 0.493 e. The molecule has 178 valence electrons. The van der Waals surface area contributed by atoms with Crippen LogP contribution in [0, 0.1) is 17.1 Å². The van der Waals surface area contributed by atoms with Crippen LogP contribution in [0.4, 0.5) is 4.39 Å². The van der Waals surface area contributed by atoms with Gasteiger partial charge >= 0.3 is 5.97 Å². The average Bonchev–Trinajstić information content (AvgIpc) is 2.78. The molecular formula is C24H21BrClFN2O5. The van der Waals surface area contributed by atoms with E-state index in [1.165, 1.54) is 19.2 Å². The lowest BCUT2D eigenvalue weighted by atomic mass is 9.83. The number of nitrogens with two attached hydrogens (primary N) is 1. The summed E-state index contributed by atoms with van der Waals surface area (Å²) < 4.78 is 36.6. The highest BCUT2D eigenvalue weighted by molar-refractivity contribution is 9.10. The van der Waals surface area contributed by atoms with Crippen molar-refractivity contribution in [2.75, 3.05) is 13.7 Å². The van der Waals surface area contributed by atoms with E-state index in [4.69, 9.17) is 36.3 Å². The molecule has 0 aliphatic carbocycles. The highest BCUT2D eigenvalue weighted by Gasteiger charge is 2.37. The highest BCUT2D eigenvalue weighted by atomic mass is 79.9. The second-order valence-corrected chi connectivity index (χ2v) is 8.40. The number of nitrogens with zero attached hydrogens (tertiary/aromatic N) is 1. The van der Waals surface area contributed by atoms with Gasteiger partial charge < -0.3 is 24.7 Å². The number of carbonyl (C=O) groups excluding carboxylic acids is 1. The number of ether oxygens (including phenoxy) is 4. The van der Waals surface area contributed by atoms with Crippen molar-refractivity contribution in [2.24, 2.45) is 5.73 Å². The lowest BCUT2D eigenvalue weighted by molar-refractivity contribution is -0.139. The Bertz CT molecular complexity index is 1220.